The van der Waals surface area contributed by atoms with Crippen molar-refractivity contribution < 1.29 is 28.5 Å². The molecule has 200 valence electrons. The first-order valence-corrected chi connectivity index (χ1v) is 14.4. The highest BCUT2D eigenvalue weighted by Gasteiger charge is 2.08. The van der Waals surface area contributed by atoms with E-state index >= 15 is 0 Å². The van der Waals surface area contributed by atoms with Crippen LogP contribution in [0.25, 0.3) is 12.2 Å². The van der Waals surface area contributed by atoms with Gasteiger partial charge in [-0.05, 0) is 73.2 Å². The highest BCUT2D eigenvalue weighted by Crippen LogP contribution is 2.30. The van der Waals surface area contributed by atoms with Crippen molar-refractivity contribution in [1.82, 2.24) is 0 Å². The minimum atomic E-state index is -0.284. The van der Waals surface area contributed by atoms with Crippen molar-refractivity contribution in [2.24, 2.45) is 0 Å². The number of ketones is 2. The third kappa shape index (κ3) is 11.6. The summed E-state index contributed by atoms with van der Waals surface area (Å²) < 4.78 is 22.3. The van der Waals surface area contributed by atoms with Crippen molar-refractivity contribution in [2.45, 2.75) is 32.1 Å². The second kappa shape index (κ2) is 17.8. The summed E-state index contributed by atoms with van der Waals surface area (Å²) >= 11 is 6.81. The molecule has 0 saturated heterocycles. The minimum absolute atomic E-state index is 0.217. The maximum absolute atomic E-state index is 12.3. The molecule has 0 aliphatic carbocycles. The number of allylic oxidation sites excluding steroid dienone is 2. The molecule has 0 spiro atoms. The number of carbonyl (C=O) groups is 2. The number of unbranched alkanes of at least 4 members (excludes halogenated alkanes) is 2. The van der Waals surface area contributed by atoms with E-state index in [9.17, 15) is 9.59 Å². The average Bonchev–Trinajstić information content (AvgIpc) is 2.91. The quantitative estimate of drug-likeness (QED) is 0.0754. The third-order valence-corrected chi connectivity index (χ3v) is 6.34. The van der Waals surface area contributed by atoms with Gasteiger partial charge in [0.2, 0.25) is 0 Å². The van der Waals surface area contributed by atoms with Crippen LogP contribution < -0.4 is 18.9 Å². The van der Waals surface area contributed by atoms with Gasteiger partial charge in [0.1, 0.15) is 0 Å². The lowest BCUT2D eigenvalue weighted by Crippen LogP contribution is -2.02. The Morgan fingerprint density at radius 1 is 0.676 bits per heavy atom. The van der Waals surface area contributed by atoms with Crippen LogP contribution in [0, 0.1) is 0 Å². The van der Waals surface area contributed by atoms with Gasteiger partial charge in [0.05, 0.1) is 33.9 Å². The molecule has 0 heterocycles. The largest absolute Gasteiger partial charge is 0.493 e. The molecule has 2 aromatic rings. The van der Waals surface area contributed by atoms with Gasteiger partial charge >= 0.3 is 0 Å². The zero-order valence-corrected chi connectivity index (χ0v) is 24.5. The molecule has 0 atom stereocenters. The summed E-state index contributed by atoms with van der Waals surface area (Å²) in [5.41, 5.74) is 1.56. The standard InChI is InChI=1S/C29H34Br2O6/c1-34-28-19-22(9-13-26(28)36-17-5-3-15-30)7-11-24(32)21-25(33)12-8-23-10-14-27(29(20-23)35-2)37-18-6-4-16-31/h7-14,19-20H,3-6,15-18,21H2,1-2H3/b11-7+,12-8+. The van der Waals surface area contributed by atoms with E-state index in [2.05, 4.69) is 31.9 Å². The van der Waals surface area contributed by atoms with Gasteiger partial charge in [-0.2, -0.15) is 0 Å². The summed E-state index contributed by atoms with van der Waals surface area (Å²) in [4.78, 5) is 24.6. The maximum atomic E-state index is 12.3. The van der Waals surface area contributed by atoms with E-state index in [-0.39, 0.29) is 18.0 Å². The van der Waals surface area contributed by atoms with Crippen LogP contribution in [0.2, 0.25) is 0 Å². The number of hydrogen-bond acceptors (Lipinski definition) is 6. The molecule has 8 heteroatoms. The molecule has 0 saturated carbocycles. The first-order chi connectivity index (χ1) is 18.0. The van der Waals surface area contributed by atoms with Gasteiger partial charge in [-0.15, -0.1) is 0 Å². The highest BCUT2D eigenvalue weighted by molar-refractivity contribution is 9.09. The molecule has 0 N–H and O–H groups in total. The normalized spacial score (nSPS) is 11.1. The molecule has 0 radical (unpaired) electrons. The SMILES string of the molecule is COc1cc(/C=C/C(=O)CC(=O)/C=C/c2ccc(OCCCCBr)c(OC)c2)ccc1OCCCCBr. The zero-order chi connectivity index (χ0) is 26.9. The molecular formula is C29H34Br2O6. The molecule has 0 bridgehead atoms. The first-order valence-electron chi connectivity index (χ1n) is 12.2. The van der Waals surface area contributed by atoms with Crippen LogP contribution in [0.4, 0.5) is 0 Å². The topological polar surface area (TPSA) is 71.1 Å². The Kier molecular flexibility index (Phi) is 14.7. The molecule has 6 nitrogen and oxygen atoms in total. The number of benzene rings is 2. The van der Waals surface area contributed by atoms with Crippen LogP contribution in [-0.4, -0.2) is 49.7 Å². The van der Waals surface area contributed by atoms with Gasteiger partial charge in [0, 0.05) is 10.7 Å². The molecule has 0 aromatic heterocycles. The summed E-state index contributed by atoms with van der Waals surface area (Å²) in [6.07, 6.45) is 9.87. The smallest absolute Gasteiger partial charge is 0.163 e. The fraction of sp³-hybridized carbons (Fsp3) is 0.379. The molecular weight excluding hydrogens is 604 g/mol. The number of methoxy groups -OCH3 is 2. The van der Waals surface area contributed by atoms with E-state index in [1.807, 2.05) is 24.3 Å². The maximum Gasteiger partial charge on any atom is 0.163 e. The van der Waals surface area contributed by atoms with Gasteiger partial charge in [-0.3, -0.25) is 9.59 Å². The van der Waals surface area contributed by atoms with Gasteiger partial charge in [0.15, 0.2) is 34.6 Å². The summed E-state index contributed by atoms with van der Waals surface area (Å²) in [5, 5.41) is 1.89. The van der Waals surface area contributed by atoms with Crippen molar-refractivity contribution in [3.05, 3.63) is 59.7 Å². The van der Waals surface area contributed by atoms with E-state index in [1.54, 1.807) is 38.5 Å². The van der Waals surface area contributed by atoms with Crippen LogP contribution >= 0.6 is 31.9 Å². The molecule has 0 amide bonds. The lowest BCUT2D eigenvalue weighted by atomic mass is 10.1. The second-order valence-corrected chi connectivity index (χ2v) is 9.67. The van der Waals surface area contributed by atoms with Crippen molar-refractivity contribution in [3.8, 4) is 23.0 Å². The Morgan fingerprint density at radius 2 is 1.11 bits per heavy atom. The Balaban J connectivity index is 1.90. The lowest BCUT2D eigenvalue weighted by molar-refractivity contribution is -0.121. The number of halogens is 2. The average molecular weight is 638 g/mol. The molecule has 0 aliphatic rings. The van der Waals surface area contributed by atoms with E-state index in [0.717, 1.165) is 47.5 Å². The van der Waals surface area contributed by atoms with E-state index in [0.29, 0.717) is 36.2 Å². The Bertz CT molecular complexity index is 981. The fourth-order valence-corrected chi connectivity index (χ4v) is 4.03. The van der Waals surface area contributed by atoms with Crippen LogP contribution in [0.5, 0.6) is 23.0 Å². The van der Waals surface area contributed by atoms with Crippen molar-refractivity contribution in [3.63, 3.8) is 0 Å². The zero-order valence-electron chi connectivity index (χ0n) is 21.3. The van der Waals surface area contributed by atoms with Crippen molar-refractivity contribution in [2.75, 3.05) is 38.1 Å². The van der Waals surface area contributed by atoms with Gasteiger partial charge in [0.25, 0.3) is 0 Å². The number of carbonyl (C=O) groups excluding carboxylic acids is 2. The van der Waals surface area contributed by atoms with E-state index in [4.69, 9.17) is 18.9 Å². The number of ether oxygens (including phenoxy) is 4. The van der Waals surface area contributed by atoms with Gasteiger partial charge in [-0.1, -0.05) is 56.1 Å². The molecule has 2 rings (SSSR count). The van der Waals surface area contributed by atoms with Crippen LogP contribution in [0.15, 0.2) is 48.6 Å². The van der Waals surface area contributed by atoms with E-state index < -0.39 is 0 Å². The van der Waals surface area contributed by atoms with Crippen LogP contribution in [0.1, 0.15) is 43.2 Å². The predicted octanol–water partition coefficient (Wildman–Crippen LogP) is 7.07. The Hall–Kier alpha value is -2.58. The monoisotopic (exact) mass is 636 g/mol. The Morgan fingerprint density at radius 3 is 1.49 bits per heavy atom. The van der Waals surface area contributed by atoms with Crippen LogP contribution in [-0.2, 0) is 9.59 Å². The summed E-state index contributed by atoms with van der Waals surface area (Å²) in [5.74, 6) is 1.94. The summed E-state index contributed by atoms with van der Waals surface area (Å²) in [6, 6.07) is 10.9. The van der Waals surface area contributed by atoms with Crippen molar-refractivity contribution >= 4 is 55.6 Å². The lowest BCUT2D eigenvalue weighted by Gasteiger charge is -2.11. The van der Waals surface area contributed by atoms with E-state index in [1.165, 1.54) is 12.2 Å². The molecule has 37 heavy (non-hydrogen) atoms. The first kappa shape index (κ1) is 30.6. The molecule has 2 aromatic carbocycles. The molecule has 0 fully saturated rings. The summed E-state index contributed by atoms with van der Waals surface area (Å²) in [7, 11) is 3.15. The van der Waals surface area contributed by atoms with Crippen LogP contribution in [0.3, 0.4) is 0 Å². The third-order valence-electron chi connectivity index (χ3n) is 5.22. The fourth-order valence-electron chi connectivity index (χ4n) is 3.24. The number of alkyl halides is 2. The number of hydrogen-bond donors (Lipinski definition) is 0. The predicted molar refractivity (Wildman–Crippen MR) is 156 cm³/mol. The molecule has 0 aliphatic heterocycles. The second-order valence-electron chi connectivity index (χ2n) is 8.09. The molecule has 0 unspecified atom stereocenters. The van der Waals surface area contributed by atoms with Gasteiger partial charge in [-0.25, -0.2) is 0 Å². The number of rotatable bonds is 18. The minimum Gasteiger partial charge on any atom is -0.493 e. The summed E-state index contributed by atoms with van der Waals surface area (Å²) in [6.45, 7) is 1.21. The Labute approximate surface area is 236 Å². The van der Waals surface area contributed by atoms with Gasteiger partial charge < -0.3 is 18.9 Å². The van der Waals surface area contributed by atoms with Crippen molar-refractivity contribution in [1.29, 1.82) is 0 Å². The highest BCUT2D eigenvalue weighted by atomic mass is 79.9.